The molecule has 0 radical (unpaired) electrons. The summed E-state index contributed by atoms with van der Waals surface area (Å²) in [6.45, 7) is 4.57. The summed E-state index contributed by atoms with van der Waals surface area (Å²) in [6.07, 6.45) is 5.63. The molecule has 0 atom stereocenters. The fraction of sp³-hybridized carbons (Fsp3) is 0.400. The van der Waals surface area contributed by atoms with Crippen LogP contribution in [0.5, 0.6) is 0 Å². The average molecular weight is 361 g/mol. The van der Waals surface area contributed by atoms with E-state index in [1.165, 1.54) is 19.3 Å². The van der Waals surface area contributed by atoms with Crippen molar-refractivity contribution >= 4 is 11.8 Å². The summed E-state index contributed by atoms with van der Waals surface area (Å²) in [5, 5.41) is 8.87. The SMILES string of the molecule is c1ccc(-c2nnc3n2CCN(c2ccnc(N4CCCCC4)n2)C3)cc1. The number of benzene rings is 1. The van der Waals surface area contributed by atoms with Gasteiger partial charge in [0, 0.05) is 37.9 Å². The monoisotopic (exact) mass is 361 g/mol. The van der Waals surface area contributed by atoms with Gasteiger partial charge in [0.1, 0.15) is 5.82 Å². The third-order valence-corrected chi connectivity index (χ3v) is 5.38. The molecule has 7 heteroatoms. The molecular formula is C20H23N7. The second-order valence-corrected chi connectivity index (χ2v) is 7.14. The van der Waals surface area contributed by atoms with Gasteiger partial charge in [-0.3, -0.25) is 0 Å². The van der Waals surface area contributed by atoms with Gasteiger partial charge in [0.05, 0.1) is 6.54 Å². The van der Waals surface area contributed by atoms with Gasteiger partial charge >= 0.3 is 0 Å². The van der Waals surface area contributed by atoms with E-state index in [1.807, 2.05) is 30.5 Å². The van der Waals surface area contributed by atoms with Crippen LogP contribution in [0, 0.1) is 0 Å². The van der Waals surface area contributed by atoms with Crippen LogP contribution in [-0.4, -0.2) is 44.4 Å². The number of rotatable bonds is 3. The van der Waals surface area contributed by atoms with Crippen molar-refractivity contribution in [3.05, 3.63) is 48.4 Å². The van der Waals surface area contributed by atoms with Crippen molar-refractivity contribution in [3.63, 3.8) is 0 Å². The highest BCUT2D eigenvalue weighted by atomic mass is 15.4. The molecule has 1 aromatic carbocycles. The first kappa shape index (κ1) is 16.2. The molecule has 0 spiro atoms. The Morgan fingerprint density at radius 2 is 1.63 bits per heavy atom. The molecule has 138 valence electrons. The molecule has 2 aromatic heterocycles. The summed E-state index contributed by atoms with van der Waals surface area (Å²) in [6, 6.07) is 12.3. The van der Waals surface area contributed by atoms with E-state index in [0.717, 1.165) is 61.7 Å². The highest BCUT2D eigenvalue weighted by Gasteiger charge is 2.23. The number of hydrogen-bond donors (Lipinski definition) is 0. The summed E-state index contributed by atoms with van der Waals surface area (Å²) < 4.78 is 2.22. The highest BCUT2D eigenvalue weighted by Crippen LogP contribution is 2.25. The van der Waals surface area contributed by atoms with Crippen molar-refractivity contribution in [1.82, 2.24) is 24.7 Å². The van der Waals surface area contributed by atoms with E-state index < -0.39 is 0 Å². The lowest BCUT2D eigenvalue weighted by Crippen LogP contribution is -2.35. The molecule has 0 bridgehead atoms. The molecule has 3 aromatic rings. The molecule has 0 saturated carbocycles. The first-order valence-electron chi connectivity index (χ1n) is 9.69. The zero-order chi connectivity index (χ0) is 18.1. The molecular weight excluding hydrogens is 338 g/mol. The van der Waals surface area contributed by atoms with E-state index in [0.29, 0.717) is 0 Å². The third kappa shape index (κ3) is 3.13. The van der Waals surface area contributed by atoms with E-state index in [1.54, 1.807) is 0 Å². The Labute approximate surface area is 158 Å². The second-order valence-electron chi connectivity index (χ2n) is 7.14. The second kappa shape index (κ2) is 6.98. The zero-order valence-corrected chi connectivity index (χ0v) is 15.3. The van der Waals surface area contributed by atoms with Gasteiger partial charge in [0.15, 0.2) is 11.6 Å². The number of hydrogen-bond acceptors (Lipinski definition) is 6. The van der Waals surface area contributed by atoms with Gasteiger partial charge in [-0.2, -0.15) is 4.98 Å². The fourth-order valence-electron chi connectivity index (χ4n) is 3.92. The summed E-state index contributed by atoms with van der Waals surface area (Å²) in [5.74, 6) is 3.76. The zero-order valence-electron chi connectivity index (χ0n) is 15.3. The normalized spacial score (nSPS) is 17.0. The summed E-state index contributed by atoms with van der Waals surface area (Å²) >= 11 is 0. The predicted octanol–water partition coefficient (Wildman–Crippen LogP) is 2.75. The lowest BCUT2D eigenvalue weighted by Gasteiger charge is -2.30. The summed E-state index contributed by atoms with van der Waals surface area (Å²) in [4.78, 5) is 13.9. The summed E-state index contributed by atoms with van der Waals surface area (Å²) in [7, 11) is 0. The first-order valence-corrected chi connectivity index (χ1v) is 9.69. The van der Waals surface area contributed by atoms with Crippen LogP contribution >= 0.6 is 0 Å². The fourth-order valence-corrected chi connectivity index (χ4v) is 3.92. The van der Waals surface area contributed by atoms with Crippen molar-refractivity contribution in [2.75, 3.05) is 29.4 Å². The molecule has 0 N–H and O–H groups in total. The minimum atomic E-state index is 0.719. The van der Waals surface area contributed by atoms with Crippen molar-refractivity contribution < 1.29 is 0 Å². The molecule has 1 saturated heterocycles. The smallest absolute Gasteiger partial charge is 0.227 e. The van der Waals surface area contributed by atoms with Crippen LogP contribution in [-0.2, 0) is 13.1 Å². The molecule has 5 rings (SSSR count). The molecule has 0 amide bonds. The van der Waals surface area contributed by atoms with Crippen LogP contribution in [0.25, 0.3) is 11.4 Å². The number of piperidine rings is 1. The molecule has 27 heavy (non-hydrogen) atoms. The molecule has 7 nitrogen and oxygen atoms in total. The van der Waals surface area contributed by atoms with Crippen molar-refractivity contribution in [3.8, 4) is 11.4 Å². The Hall–Kier alpha value is -2.96. The van der Waals surface area contributed by atoms with Gasteiger partial charge in [0.2, 0.25) is 5.95 Å². The Kier molecular flexibility index (Phi) is 4.20. The first-order chi connectivity index (χ1) is 13.4. The Morgan fingerprint density at radius 3 is 2.48 bits per heavy atom. The third-order valence-electron chi connectivity index (χ3n) is 5.38. The van der Waals surface area contributed by atoms with Gasteiger partial charge < -0.3 is 14.4 Å². The highest BCUT2D eigenvalue weighted by molar-refractivity contribution is 5.55. The maximum Gasteiger partial charge on any atom is 0.227 e. The average Bonchev–Trinajstić information content (AvgIpc) is 3.18. The predicted molar refractivity (Wildman–Crippen MR) is 105 cm³/mol. The Bertz CT molecular complexity index is 915. The van der Waals surface area contributed by atoms with Crippen LogP contribution in [0.1, 0.15) is 25.1 Å². The molecule has 4 heterocycles. The van der Waals surface area contributed by atoms with Crippen LogP contribution < -0.4 is 9.80 Å². The summed E-state index contributed by atoms with van der Waals surface area (Å²) in [5.41, 5.74) is 1.11. The number of fused-ring (bicyclic) bond motifs is 1. The molecule has 2 aliphatic rings. The molecule has 2 aliphatic heterocycles. The van der Waals surface area contributed by atoms with Gasteiger partial charge in [-0.15, -0.1) is 10.2 Å². The van der Waals surface area contributed by atoms with E-state index in [4.69, 9.17) is 4.98 Å². The van der Waals surface area contributed by atoms with E-state index >= 15 is 0 Å². The van der Waals surface area contributed by atoms with E-state index in [2.05, 4.69) is 41.7 Å². The standard InChI is InChI=1S/C20H23N7/c1-3-7-16(8-4-1)19-24-23-18-15-26(13-14-27(18)19)17-9-10-21-20(22-17)25-11-5-2-6-12-25/h1,3-4,7-10H,2,5-6,11-15H2. The Morgan fingerprint density at radius 1 is 0.778 bits per heavy atom. The lowest BCUT2D eigenvalue weighted by molar-refractivity contribution is 0.553. The molecule has 1 fully saturated rings. The molecule has 0 aliphatic carbocycles. The van der Waals surface area contributed by atoms with Gasteiger partial charge in [-0.05, 0) is 25.3 Å². The minimum absolute atomic E-state index is 0.719. The maximum absolute atomic E-state index is 4.84. The number of anilines is 2. The van der Waals surface area contributed by atoms with E-state index in [9.17, 15) is 0 Å². The van der Waals surface area contributed by atoms with E-state index in [-0.39, 0.29) is 0 Å². The largest absolute Gasteiger partial charge is 0.347 e. The minimum Gasteiger partial charge on any atom is -0.347 e. The van der Waals surface area contributed by atoms with Crippen molar-refractivity contribution in [2.45, 2.75) is 32.4 Å². The number of aromatic nitrogens is 5. The van der Waals surface area contributed by atoms with Crippen molar-refractivity contribution in [1.29, 1.82) is 0 Å². The number of nitrogens with zero attached hydrogens (tertiary/aromatic N) is 7. The van der Waals surface area contributed by atoms with Gasteiger partial charge in [-0.1, -0.05) is 30.3 Å². The van der Waals surface area contributed by atoms with Gasteiger partial charge in [-0.25, -0.2) is 4.98 Å². The quantitative estimate of drug-likeness (QED) is 0.715. The molecule has 0 unspecified atom stereocenters. The van der Waals surface area contributed by atoms with Crippen LogP contribution in [0.2, 0.25) is 0 Å². The lowest BCUT2D eigenvalue weighted by atomic mass is 10.1. The van der Waals surface area contributed by atoms with Crippen LogP contribution in [0.3, 0.4) is 0 Å². The Balaban J connectivity index is 1.38. The topological polar surface area (TPSA) is 63.0 Å². The van der Waals surface area contributed by atoms with Crippen LogP contribution in [0.4, 0.5) is 11.8 Å². The maximum atomic E-state index is 4.84. The van der Waals surface area contributed by atoms with Crippen molar-refractivity contribution in [2.24, 2.45) is 0 Å². The van der Waals surface area contributed by atoms with Gasteiger partial charge in [0.25, 0.3) is 0 Å². The van der Waals surface area contributed by atoms with Crippen LogP contribution in [0.15, 0.2) is 42.6 Å².